The van der Waals surface area contributed by atoms with Crippen LogP contribution < -0.4 is 0 Å². The molecular weight excluding hydrogens is 200 g/mol. The third-order valence-electron chi connectivity index (χ3n) is 1.67. The number of thiol groups is 1. The van der Waals surface area contributed by atoms with Crippen molar-refractivity contribution in [2.45, 2.75) is 19.4 Å². The molecule has 0 saturated carbocycles. The average Bonchev–Trinajstić information content (AvgIpc) is 2.04. The Hall–Kier alpha value is -0.540. The zero-order valence-electron chi connectivity index (χ0n) is 7.43. The molecule has 0 saturated heterocycles. The van der Waals surface area contributed by atoms with E-state index < -0.39 is 0 Å². The van der Waals surface area contributed by atoms with Crippen LogP contribution in [0.2, 0.25) is 0 Å². The molecule has 0 bridgehead atoms. The molecule has 70 valence electrons. The first kappa shape index (κ1) is 10.5. The third-order valence-corrected chi connectivity index (χ3v) is 1.87. The van der Waals surface area contributed by atoms with E-state index in [1.165, 1.54) is 5.56 Å². The van der Waals surface area contributed by atoms with Crippen molar-refractivity contribution >= 4 is 29.2 Å². The van der Waals surface area contributed by atoms with Gasteiger partial charge in [-0.25, -0.2) is 0 Å². The van der Waals surface area contributed by atoms with Gasteiger partial charge in [0.1, 0.15) is 6.10 Å². The lowest BCUT2D eigenvalue weighted by molar-refractivity contribution is 0.222. The van der Waals surface area contributed by atoms with Crippen LogP contribution >= 0.6 is 24.8 Å². The van der Waals surface area contributed by atoms with Gasteiger partial charge in [-0.3, -0.25) is 0 Å². The van der Waals surface area contributed by atoms with Gasteiger partial charge >= 0.3 is 0 Å². The van der Waals surface area contributed by atoms with E-state index in [2.05, 4.69) is 24.8 Å². The first-order chi connectivity index (χ1) is 6.18. The van der Waals surface area contributed by atoms with Crippen LogP contribution in [0.4, 0.5) is 0 Å². The molecule has 0 heterocycles. The highest BCUT2D eigenvalue weighted by molar-refractivity contribution is 8.10. The second kappa shape index (κ2) is 5.25. The van der Waals surface area contributed by atoms with E-state index in [1.807, 2.05) is 25.1 Å². The van der Waals surface area contributed by atoms with E-state index in [1.54, 1.807) is 0 Å². The summed E-state index contributed by atoms with van der Waals surface area (Å²) >= 11 is 8.64. The number of ether oxygens (including phenoxy) is 1. The molecule has 0 aromatic heterocycles. The van der Waals surface area contributed by atoms with Crippen molar-refractivity contribution in [1.82, 2.24) is 0 Å². The summed E-state index contributed by atoms with van der Waals surface area (Å²) < 4.78 is 5.56. The van der Waals surface area contributed by atoms with Crippen molar-refractivity contribution in [2.75, 3.05) is 0 Å². The molecule has 3 heteroatoms. The first-order valence-corrected chi connectivity index (χ1v) is 4.97. The minimum Gasteiger partial charge on any atom is -0.475 e. The van der Waals surface area contributed by atoms with Gasteiger partial charge in [0.2, 0.25) is 4.38 Å². The number of benzene rings is 1. The second-order valence-corrected chi connectivity index (χ2v) is 3.96. The Labute approximate surface area is 89.5 Å². The molecule has 1 nitrogen and oxygen atoms in total. The maximum absolute atomic E-state index is 5.25. The molecule has 0 aliphatic rings. The lowest BCUT2D eigenvalue weighted by Crippen LogP contribution is -2.12. The topological polar surface area (TPSA) is 9.23 Å². The highest BCUT2D eigenvalue weighted by Gasteiger charge is 2.04. The molecule has 1 atom stereocenters. The normalized spacial score (nSPS) is 12.2. The summed E-state index contributed by atoms with van der Waals surface area (Å²) in [5, 5.41) is 0. The molecule has 0 N–H and O–H groups in total. The van der Waals surface area contributed by atoms with E-state index in [0.29, 0.717) is 4.38 Å². The minimum absolute atomic E-state index is 0.0902. The molecule has 1 aromatic carbocycles. The van der Waals surface area contributed by atoms with Crippen molar-refractivity contribution in [2.24, 2.45) is 0 Å². The lowest BCUT2D eigenvalue weighted by Gasteiger charge is -2.12. The Morgan fingerprint density at radius 2 is 2.08 bits per heavy atom. The maximum Gasteiger partial charge on any atom is 0.217 e. The highest BCUT2D eigenvalue weighted by Crippen LogP contribution is 2.06. The number of hydrogen-bond donors (Lipinski definition) is 1. The van der Waals surface area contributed by atoms with Gasteiger partial charge < -0.3 is 4.74 Å². The quantitative estimate of drug-likeness (QED) is 0.609. The average molecular weight is 212 g/mol. The standard InChI is InChI=1S/C10H12OS2/c1-8(11-10(12)13)7-9-5-3-2-4-6-9/h2-6,8H,7H2,1H3,(H,12,13). The highest BCUT2D eigenvalue weighted by atomic mass is 32.1. The summed E-state index contributed by atoms with van der Waals surface area (Å²) in [6.07, 6.45) is 0.953. The van der Waals surface area contributed by atoms with Crippen LogP contribution in [0.3, 0.4) is 0 Å². The molecule has 0 spiro atoms. The number of rotatable bonds is 3. The third kappa shape index (κ3) is 4.29. The largest absolute Gasteiger partial charge is 0.475 e. The van der Waals surface area contributed by atoms with Crippen LogP contribution in [0.1, 0.15) is 12.5 Å². The Balaban J connectivity index is 2.45. The lowest BCUT2D eigenvalue weighted by atomic mass is 10.1. The fourth-order valence-electron chi connectivity index (χ4n) is 1.16. The predicted molar refractivity (Wildman–Crippen MR) is 62.3 cm³/mol. The van der Waals surface area contributed by atoms with E-state index in [4.69, 9.17) is 17.0 Å². The van der Waals surface area contributed by atoms with Crippen LogP contribution in [-0.2, 0) is 11.2 Å². The molecule has 0 amide bonds. The SMILES string of the molecule is CC(Cc1ccccc1)OC(=S)S. The van der Waals surface area contributed by atoms with Crippen LogP contribution in [0.25, 0.3) is 0 Å². The van der Waals surface area contributed by atoms with E-state index in [9.17, 15) is 0 Å². The van der Waals surface area contributed by atoms with E-state index >= 15 is 0 Å². The molecule has 0 aliphatic carbocycles. The summed E-state index contributed by atoms with van der Waals surface area (Å²) in [6.45, 7) is 1.98. The number of hydrogen-bond acceptors (Lipinski definition) is 2. The molecular formula is C10H12OS2. The number of thiocarbonyl (C=S) groups is 1. The predicted octanol–water partition coefficient (Wildman–Crippen LogP) is 2.85. The minimum atomic E-state index is 0.0902. The van der Waals surface area contributed by atoms with Gasteiger partial charge in [-0.15, -0.1) is 0 Å². The van der Waals surface area contributed by atoms with Crippen molar-refractivity contribution < 1.29 is 4.74 Å². The molecule has 0 aliphatic heterocycles. The van der Waals surface area contributed by atoms with Gasteiger partial charge in [-0.05, 0) is 24.7 Å². The van der Waals surface area contributed by atoms with Gasteiger partial charge in [0.05, 0.1) is 0 Å². The Morgan fingerprint density at radius 1 is 1.46 bits per heavy atom. The van der Waals surface area contributed by atoms with Crippen molar-refractivity contribution in [3.8, 4) is 0 Å². The summed E-state index contributed by atoms with van der Waals surface area (Å²) in [7, 11) is 0. The van der Waals surface area contributed by atoms with Gasteiger partial charge in [0.15, 0.2) is 0 Å². The Bertz CT molecular complexity index is 272. The summed E-state index contributed by atoms with van der Waals surface area (Å²) in [4.78, 5) is 0. The van der Waals surface area contributed by atoms with Gasteiger partial charge in [-0.2, -0.15) is 0 Å². The van der Waals surface area contributed by atoms with Crippen molar-refractivity contribution in [1.29, 1.82) is 0 Å². The zero-order chi connectivity index (χ0) is 9.68. The summed E-state index contributed by atoms with van der Waals surface area (Å²) in [6, 6.07) is 10.2. The zero-order valence-corrected chi connectivity index (χ0v) is 9.15. The van der Waals surface area contributed by atoms with E-state index in [-0.39, 0.29) is 6.10 Å². The van der Waals surface area contributed by atoms with Gasteiger partial charge in [0.25, 0.3) is 0 Å². The summed E-state index contributed by atoms with van der Waals surface area (Å²) in [5.41, 5.74) is 1.25. The first-order valence-electron chi connectivity index (χ1n) is 4.12. The van der Waals surface area contributed by atoms with Crippen LogP contribution in [0.15, 0.2) is 30.3 Å². The van der Waals surface area contributed by atoms with Crippen molar-refractivity contribution in [3.63, 3.8) is 0 Å². The van der Waals surface area contributed by atoms with Gasteiger partial charge in [0, 0.05) is 6.42 Å². The monoisotopic (exact) mass is 212 g/mol. The molecule has 1 unspecified atom stereocenters. The Morgan fingerprint density at radius 3 is 2.62 bits per heavy atom. The molecule has 1 aromatic rings. The summed E-state index contributed by atoms with van der Waals surface area (Å²) in [5.74, 6) is 0. The van der Waals surface area contributed by atoms with Crippen LogP contribution in [0, 0.1) is 0 Å². The van der Waals surface area contributed by atoms with E-state index in [0.717, 1.165) is 6.42 Å². The molecule has 0 radical (unpaired) electrons. The molecule has 13 heavy (non-hydrogen) atoms. The molecule has 0 fully saturated rings. The van der Waals surface area contributed by atoms with Crippen LogP contribution in [0.5, 0.6) is 0 Å². The molecule has 1 rings (SSSR count). The smallest absolute Gasteiger partial charge is 0.217 e. The van der Waals surface area contributed by atoms with Crippen molar-refractivity contribution in [3.05, 3.63) is 35.9 Å². The van der Waals surface area contributed by atoms with Gasteiger partial charge in [-0.1, -0.05) is 43.0 Å². The maximum atomic E-state index is 5.25. The second-order valence-electron chi connectivity index (χ2n) is 2.88. The Kier molecular flexibility index (Phi) is 4.25. The fourth-order valence-corrected chi connectivity index (χ4v) is 1.50. The van der Waals surface area contributed by atoms with Crippen LogP contribution in [-0.4, -0.2) is 10.5 Å². The fraction of sp³-hybridized carbons (Fsp3) is 0.300.